The van der Waals surface area contributed by atoms with Gasteiger partial charge in [0.1, 0.15) is 0 Å². The van der Waals surface area contributed by atoms with Crippen LogP contribution >= 0.6 is 11.6 Å². The maximum Gasteiger partial charge on any atom is 0.229 e. The van der Waals surface area contributed by atoms with E-state index in [4.69, 9.17) is 11.6 Å². The highest BCUT2D eigenvalue weighted by molar-refractivity contribution is 7.92. The van der Waals surface area contributed by atoms with Crippen molar-refractivity contribution >= 4 is 33.0 Å². The monoisotopic (exact) mass is 325 g/mol. The molecule has 0 aliphatic rings. The van der Waals surface area contributed by atoms with Crippen LogP contribution in [0.5, 0.6) is 0 Å². The standard InChI is InChI=1S/C14H16ClN3O2S/c1-10(11-5-7-16-8-6-11)17-14-9-12(3-4-13(14)15)18-21(2,19)20/h3-10,17-18H,1-2H3. The normalized spacial score (nSPS) is 12.7. The summed E-state index contributed by atoms with van der Waals surface area (Å²) in [7, 11) is -3.32. The largest absolute Gasteiger partial charge is 0.377 e. The van der Waals surface area contributed by atoms with E-state index in [2.05, 4.69) is 15.0 Å². The van der Waals surface area contributed by atoms with Crippen LogP contribution < -0.4 is 10.0 Å². The lowest BCUT2D eigenvalue weighted by molar-refractivity contribution is 0.607. The van der Waals surface area contributed by atoms with E-state index in [9.17, 15) is 8.42 Å². The third-order valence-electron chi connectivity index (χ3n) is 2.85. The predicted molar refractivity (Wildman–Crippen MR) is 86.2 cm³/mol. The zero-order chi connectivity index (χ0) is 15.5. The number of nitrogens with one attached hydrogen (secondary N) is 2. The maximum atomic E-state index is 11.3. The van der Waals surface area contributed by atoms with E-state index >= 15 is 0 Å². The van der Waals surface area contributed by atoms with Crippen molar-refractivity contribution < 1.29 is 8.42 Å². The molecule has 21 heavy (non-hydrogen) atoms. The molecule has 0 saturated heterocycles. The first-order valence-electron chi connectivity index (χ1n) is 6.29. The first-order chi connectivity index (χ1) is 9.85. The van der Waals surface area contributed by atoms with E-state index in [1.54, 1.807) is 30.6 Å². The van der Waals surface area contributed by atoms with Gasteiger partial charge in [0.2, 0.25) is 10.0 Å². The van der Waals surface area contributed by atoms with Crippen LogP contribution in [-0.4, -0.2) is 19.7 Å². The molecule has 0 spiro atoms. The average Bonchev–Trinajstić information content (AvgIpc) is 2.42. The first kappa shape index (κ1) is 15.6. The summed E-state index contributed by atoms with van der Waals surface area (Å²) in [5, 5.41) is 3.78. The minimum atomic E-state index is -3.32. The van der Waals surface area contributed by atoms with Crippen molar-refractivity contribution in [1.29, 1.82) is 0 Å². The van der Waals surface area contributed by atoms with Gasteiger partial charge >= 0.3 is 0 Å². The fraction of sp³-hybridized carbons (Fsp3) is 0.214. The molecule has 1 aromatic heterocycles. The van der Waals surface area contributed by atoms with Gasteiger partial charge in [0.25, 0.3) is 0 Å². The molecule has 1 aromatic carbocycles. The molecular formula is C14H16ClN3O2S. The Kier molecular flexibility index (Phi) is 4.69. The summed E-state index contributed by atoms with van der Waals surface area (Å²) in [6.07, 6.45) is 4.54. The molecular weight excluding hydrogens is 310 g/mol. The number of aromatic nitrogens is 1. The van der Waals surface area contributed by atoms with Crippen molar-refractivity contribution in [3.8, 4) is 0 Å². The van der Waals surface area contributed by atoms with Gasteiger partial charge in [0, 0.05) is 18.4 Å². The minimum absolute atomic E-state index is 0.0129. The van der Waals surface area contributed by atoms with Gasteiger partial charge in [-0.25, -0.2) is 8.42 Å². The predicted octanol–water partition coefficient (Wildman–Crippen LogP) is 3.28. The van der Waals surface area contributed by atoms with Crippen molar-refractivity contribution in [3.63, 3.8) is 0 Å². The van der Waals surface area contributed by atoms with Crippen LogP contribution in [0.3, 0.4) is 0 Å². The van der Waals surface area contributed by atoms with Gasteiger partial charge < -0.3 is 5.32 Å². The fourth-order valence-electron chi connectivity index (χ4n) is 1.88. The maximum absolute atomic E-state index is 11.3. The number of anilines is 2. The van der Waals surface area contributed by atoms with Crippen LogP contribution in [0.4, 0.5) is 11.4 Å². The van der Waals surface area contributed by atoms with Gasteiger partial charge in [-0.3, -0.25) is 9.71 Å². The first-order valence-corrected chi connectivity index (χ1v) is 8.56. The Balaban J connectivity index is 2.21. The van der Waals surface area contributed by atoms with Gasteiger partial charge in [-0.15, -0.1) is 0 Å². The molecule has 0 fully saturated rings. The van der Waals surface area contributed by atoms with Gasteiger partial charge in [0.05, 0.1) is 22.7 Å². The van der Waals surface area contributed by atoms with Crippen LogP contribution in [0.25, 0.3) is 0 Å². The number of halogens is 1. The van der Waals surface area contributed by atoms with E-state index in [1.165, 1.54) is 0 Å². The summed E-state index contributed by atoms with van der Waals surface area (Å²) < 4.78 is 25.0. The molecule has 1 atom stereocenters. The number of nitrogens with zero attached hydrogens (tertiary/aromatic N) is 1. The van der Waals surface area contributed by atoms with E-state index < -0.39 is 10.0 Å². The highest BCUT2D eigenvalue weighted by atomic mass is 35.5. The van der Waals surface area contributed by atoms with E-state index in [1.807, 2.05) is 19.1 Å². The second-order valence-corrected chi connectivity index (χ2v) is 6.87. The van der Waals surface area contributed by atoms with Crippen molar-refractivity contribution in [2.24, 2.45) is 0 Å². The molecule has 1 unspecified atom stereocenters. The Morgan fingerprint density at radius 3 is 2.48 bits per heavy atom. The molecule has 0 aliphatic heterocycles. The zero-order valence-corrected chi connectivity index (χ0v) is 13.2. The number of benzene rings is 1. The molecule has 2 aromatic rings. The van der Waals surface area contributed by atoms with Gasteiger partial charge in [-0.05, 0) is 42.8 Å². The smallest absolute Gasteiger partial charge is 0.229 e. The quantitative estimate of drug-likeness (QED) is 0.885. The molecule has 5 nitrogen and oxygen atoms in total. The van der Waals surface area contributed by atoms with Crippen molar-refractivity contribution in [1.82, 2.24) is 4.98 Å². The van der Waals surface area contributed by atoms with Crippen molar-refractivity contribution in [2.45, 2.75) is 13.0 Å². The summed E-state index contributed by atoms with van der Waals surface area (Å²) in [6.45, 7) is 1.99. The highest BCUT2D eigenvalue weighted by Crippen LogP contribution is 2.29. The van der Waals surface area contributed by atoms with Gasteiger partial charge in [-0.1, -0.05) is 11.6 Å². The van der Waals surface area contributed by atoms with Crippen LogP contribution in [-0.2, 0) is 10.0 Å². The number of hydrogen-bond acceptors (Lipinski definition) is 4. The Morgan fingerprint density at radius 1 is 1.19 bits per heavy atom. The van der Waals surface area contributed by atoms with E-state index in [-0.39, 0.29) is 6.04 Å². The van der Waals surface area contributed by atoms with Crippen LogP contribution in [0.1, 0.15) is 18.5 Å². The number of hydrogen-bond donors (Lipinski definition) is 2. The Bertz CT molecular complexity index is 720. The molecule has 2 rings (SSSR count). The summed E-state index contributed by atoms with van der Waals surface area (Å²) in [4.78, 5) is 3.98. The van der Waals surface area contributed by atoms with Gasteiger partial charge in [-0.2, -0.15) is 0 Å². The third-order valence-corrected chi connectivity index (χ3v) is 3.78. The number of rotatable bonds is 5. The van der Waals surface area contributed by atoms with E-state index in [0.29, 0.717) is 16.4 Å². The molecule has 2 N–H and O–H groups in total. The Hall–Kier alpha value is -1.79. The Morgan fingerprint density at radius 2 is 1.86 bits per heavy atom. The summed E-state index contributed by atoms with van der Waals surface area (Å²) in [6, 6.07) is 8.76. The second kappa shape index (κ2) is 6.32. The molecule has 0 bridgehead atoms. The third kappa shape index (κ3) is 4.61. The molecule has 112 valence electrons. The van der Waals surface area contributed by atoms with Crippen molar-refractivity contribution in [2.75, 3.05) is 16.3 Å². The number of pyridine rings is 1. The van der Waals surface area contributed by atoms with E-state index in [0.717, 1.165) is 11.8 Å². The van der Waals surface area contributed by atoms with Crippen LogP contribution in [0, 0.1) is 0 Å². The van der Waals surface area contributed by atoms with Gasteiger partial charge in [0.15, 0.2) is 0 Å². The average molecular weight is 326 g/mol. The second-order valence-electron chi connectivity index (χ2n) is 4.72. The molecule has 0 amide bonds. The lowest BCUT2D eigenvalue weighted by Gasteiger charge is -2.17. The zero-order valence-electron chi connectivity index (χ0n) is 11.7. The SMILES string of the molecule is CC(Nc1cc(NS(C)(=O)=O)ccc1Cl)c1ccncc1. The molecule has 1 heterocycles. The fourth-order valence-corrected chi connectivity index (χ4v) is 2.61. The lowest BCUT2D eigenvalue weighted by Crippen LogP contribution is -2.11. The summed E-state index contributed by atoms with van der Waals surface area (Å²) in [5.41, 5.74) is 2.18. The van der Waals surface area contributed by atoms with Crippen LogP contribution in [0.2, 0.25) is 5.02 Å². The summed E-state index contributed by atoms with van der Waals surface area (Å²) >= 11 is 6.15. The molecule has 0 saturated carbocycles. The Labute approximate surface area is 129 Å². The lowest BCUT2D eigenvalue weighted by atomic mass is 10.1. The summed E-state index contributed by atoms with van der Waals surface area (Å²) in [5.74, 6) is 0. The molecule has 7 heteroatoms. The minimum Gasteiger partial charge on any atom is -0.377 e. The molecule has 0 aliphatic carbocycles. The topological polar surface area (TPSA) is 71.1 Å². The molecule has 0 radical (unpaired) electrons. The van der Waals surface area contributed by atoms with Crippen molar-refractivity contribution in [3.05, 3.63) is 53.3 Å². The highest BCUT2D eigenvalue weighted by Gasteiger charge is 2.10. The number of sulfonamides is 1. The van der Waals surface area contributed by atoms with Crippen LogP contribution in [0.15, 0.2) is 42.7 Å².